The molecule has 0 saturated carbocycles. The number of rotatable bonds is 8. The smallest absolute Gasteiger partial charge is 0.231 e. The number of hydrogen-bond donors (Lipinski definition) is 0. The highest BCUT2D eigenvalue weighted by atomic mass is 16.5. The zero-order valence-electron chi connectivity index (χ0n) is 23.1. The minimum absolute atomic E-state index is 0.538. The number of benzene rings is 4. The van der Waals surface area contributed by atoms with Crippen molar-refractivity contribution >= 4 is 22.2 Å². The summed E-state index contributed by atoms with van der Waals surface area (Å²) in [5, 5.41) is 0. The minimum Gasteiger partial charge on any atom is -0.496 e. The molecule has 6 aromatic rings. The molecule has 0 N–H and O–H groups in total. The van der Waals surface area contributed by atoms with Crippen molar-refractivity contribution in [3.63, 3.8) is 0 Å². The van der Waals surface area contributed by atoms with Gasteiger partial charge in [-0.05, 0) is 74.2 Å². The number of hydrogen-bond acceptors (Lipinski definition) is 6. The predicted octanol–water partition coefficient (Wildman–Crippen LogP) is 8.28. The van der Waals surface area contributed by atoms with Crippen LogP contribution < -0.4 is 9.47 Å². The quantitative estimate of drug-likeness (QED) is 0.184. The Balaban J connectivity index is 1.33. The zero-order valence-corrected chi connectivity index (χ0v) is 23.1. The summed E-state index contributed by atoms with van der Waals surface area (Å²) in [5.41, 5.74) is 10.2. The number of para-hydroxylation sites is 2. The topological polar surface area (TPSA) is 70.5 Å². The van der Waals surface area contributed by atoms with Gasteiger partial charge in [0.15, 0.2) is 11.2 Å². The van der Waals surface area contributed by atoms with Crippen molar-refractivity contribution < 1.29 is 18.3 Å². The molecule has 0 spiro atoms. The van der Waals surface area contributed by atoms with E-state index >= 15 is 0 Å². The van der Waals surface area contributed by atoms with E-state index in [1.807, 2.05) is 60.7 Å². The van der Waals surface area contributed by atoms with Crippen molar-refractivity contribution in [3.8, 4) is 34.4 Å². The number of ether oxygens (including phenoxy) is 2. The van der Waals surface area contributed by atoms with E-state index in [4.69, 9.17) is 28.3 Å². The average molecular weight is 531 g/mol. The van der Waals surface area contributed by atoms with Crippen LogP contribution >= 0.6 is 0 Å². The van der Waals surface area contributed by atoms with Gasteiger partial charge in [0, 0.05) is 11.1 Å². The second kappa shape index (κ2) is 10.4. The van der Waals surface area contributed by atoms with Gasteiger partial charge in [0.05, 0.1) is 25.3 Å². The molecule has 0 aliphatic carbocycles. The maximum atomic E-state index is 6.32. The predicted molar refractivity (Wildman–Crippen MR) is 158 cm³/mol. The van der Waals surface area contributed by atoms with Crippen LogP contribution in [0.25, 0.3) is 45.1 Å². The summed E-state index contributed by atoms with van der Waals surface area (Å²) >= 11 is 0. The first-order valence-electron chi connectivity index (χ1n) is 13.2. The molecule has 4 aromatic carbocycles. The molecule has 0 atom stereocenters. The molecule has 0 saturated heterocycles. The third-order valence-electron chi connectivity index (χ3n) is 6.98. The number of methoxy groups -OCH3 is 2. The number of aryl methyl sites for hydroxylation is 2. The van der Waals surface area contributed by atoms with Crippen LogP contribution in [0.5, 0.6) is 11.5 Å². The summed E-state index contributed by atoms with van der Waals surface area (Å²) in [6.07, 6.45) is 1.28. The van der Waals surface area contributed by atoms with Crippen LogP contribution in [-0.2, 0) is 12.8 Å². The molecule has 6 rings (SSSR count). The van der Waals surface area contributed by atoms with E-state index in [2.05, 4.69) is 32.6 Å². The SMILES string of the molecule is C=C(Cc1cc(C)cc2nc(-c3ccccc3OC)oc12)Cc1cc(C)cc2nc(-c3ccccc3OC)oc12. The first-order chi connectivity index (χ1) is 19.4. The van der Waals surface area contributed by atoms with E-state index in [0.29, 0.717) is 24.6 Å². The van der Waals surface area contributed by atoms with Crippen LogP contribution in [-0.4, -0.2) is 24.2 Å². The lowest BCUT2D eigenvalue weighted by Gasteiger charge is -2.09. The monoisotopic (exact) mass is 530 g/mol. The van der Waals surface area contributed by atoms with Gasteiger partial charge in [-0.1, -0.05) is 48.6 Å². The molecule has 0 aliphatic heterocycles. The second-order valence-corrected chi connectivity index (χ2v) is 10.1. The summed E-state index contributed by atoms with van der Waals surface area (Å²) in [6, 6.07) is 23.9. The van der Waals surface area contributed by atoms with E-state index in [-0.39, 0.29) is 0 Å². The standard InChI is InChI=1S/C34H30N2O4/c1-20(14-23-16-21(2)18-27-31(23)39-33(35-27)25-10-6-8-12-29(25)37-4)15-24-17-22(3)19-28-32(24)40-34(36-28)26-11-7-9-13-30(26)38-5/h6-13,16-19H,1,14-15H2,2-5H3. The zero-order chi connectivity index (χ0) is 27.8. The first-order valence-corrected chi connectivity index (χ1v) is 13.2. The number of fused-ring (bicyclic) bond motifs is 2. The molecule has 40 heavy (non-hydrogen) atoms. The van der Waals surface area contributed by atoms with Crippen LogP contribution in [0.2, 0.25) is 0 Å². The molecule has 6 nitrogen and oxygen atoms in total. The van der Waals surface area contributed by atoms with Gasteiger partial charge in [-0.3, -0.25) is 0 Å². The van der Waals surface area contributed by atoms with Gasteiger partial charge < -0.3 is 18.3 Å². The molecule has 0 unspecified atom stereocenters. The Bertz CT molecular complexity index is 1740. The molecule has 2 aromatic heterocycles. The molecule has 0 radical (unpaired) electrons. The molecule has 2 heterocycles. The third-order valence-corrected chi connectivity index (χ3v) is 6.98. The van der Waals surface area contributed by atoms with Crippen LogP contribution in [0.1, 0.15) is 22.3 Å². The van der Waals surface area contributed by atoms with Crippen molar-refractivity contribution in [2.75, 3.05) is 14.2 Å². The second-order valence-electron chi connectivity index (χ2n) is 10.1. The third kappa shape index (κ3) is 4.73. The highest BCUT2D eigenvalue weighted by molar-refractivity contribution is 5.83. The molecular formula is C34H30N2O4. The van der Waals surface area contributed by atoms with Gasteiger partial charge in [0.1, 0.15) is 22.5 Å². The lowest BCUT2D eigenvalue weighted by atomic mass is 9.97. The summed E-state index contributed by atoms with van der Waals surface area (Å²) in [7, 11) is 3.30. The fourth-order valence-corrected chi connectivity index (χ4v) is 5.25. The normalized spacial score (nSPS) is 11.3. The number of aromatic nitrogens is 2. The van der Waals surface area contributed by atoms with Crippen LogP contribution in [0.4, 0.5) is 0 Å². The Morgan fingerprint density at radius 1 is 0.675 bits per heavy atom. The van der Waals surface area contributed by atoms with E-state index < -0.39 is 0 Å². The lowest BCUT2D eigenvalue weighted by Crippen LogP contribution is -1.97. The summed E-state index contributed by atoms with van der Waals surface area (Å²) in [5.74, 6) is 2.52. The number of nitrogens with zero attached hydrogens (tertiary/aromatic N) is 2. The van der Waals surface area contributed by atoms with Gasteiger partial charge in [-0.25, -0.2) is 9.97 Å². The van der Waals surface area contributed by atoms with Gasteiger partial charge in [-0.15, -0.1) is 0 Å². The Morgan fingerprint density at radius 3 is 1.52 bits per heavy atom. The van der Waals surface area contributed by atoms with E-state index in [1.54, 1.807) is 14.2 Å². The van der Waals surface area contributed by atoms with E-state index in [9.17, 15) is 0 Å². The van der Waals surface area contributed by atoms with Crippen molar-refractivity contribution in [1.29, 1.82) is 0 Å². The van der Waals surface area contributed by atoms with Crippen molar-refractivity contribution in [2.24, 2.45) is 0 Å². The average Bonchev–Trinajstić information content (AvgIpc) is 3.57. The Morgan fingerprint density at radius 2 is 1.10 bits per heavy atom. The maximum Gasteiger partial charge on any atom is 0.231 e. The first kappa shape index (κ1) is 25.4. The fourth-order valence-electron chi connectivity index (χ4n) is 5.25. The molecule has 6 heteroatoms. The molecule has 0 fully saturated rings. The summed E-state index contributed by atoms with van der Waals surface area (Å²) in [6.45, 7) is 8.58. The Kier molecular flexibility index (Phi) is 6.60. The van der Waals surface area contributed by atoms with Crippen LogP contribution in [0, 0.1) is 13.8 Å². The molecule has 0 aliphatic rings. The largest absolute Gasteiger partial charge is 0.496 e. The van der Waals surface area contributed by atoms with Gasteiger partial charge in [0.25, 0.3) is 0 Å². The Labute approximate surface area is 232 Å². The highest BCUT2D eigenvalue weighted by Gasteiger charge is 2.19. The van der Waals surface area contributed by atoms with Gasteiger partial charge in [0.2, 0.25) is 11.8 Å². The van der Waals surface area contributed by atoms with Gasteiger partial charge >= 0.3 is 0 Å². The van der Waals surface area contributed by atoms with Crippen molar-refractivity contribution in [1.82, 2.24) is 9.97 Å². The van der Waals surface area contributed by atoms with Gasteiger partial charge in [-0.2, -0.15) is 0 Å². The van der Waals surface area contributed by atoms with Crippen molar-refractivity contribution in [3.05, 3.63) is 107 Å². The van der Waals surface area contributed by atoms with Crippen LogP contribution in [0.3, 0.4) is 0 Å². The van der Waals surface area contributed by atoms with E-state index in [0.717, 1.165) is 72.7 Å². The number of allylic oxidation sites excluding steroid dienone is 1. The highest BCUT2D eigenvalue weighted by Crippen LogP contribution is 2.36. The molecule has 200 valence electrons. The summed E-state index contributed by atoms with van der Waals surface area (Å²) < 4.78 is 23.7. The van der Waals surface area contributed by atoms with Crippen molar-refractivity contribution in [2.45, 2.75) is 26.7 Å². The molecule has 0 bridgehead atoms. The maximum absolute atomic E-state index is 6.32. The Hall–Kier alpha value is -4.84. The summed E-state index contributed by atoms with van der Waals surface area (Å²) in [4.78, 5) is 9.59. The molecule has 0 amide bonds. The fraction of sp³-hybridized carbons (Fsp3) is 0.176. The number of oxazole rings is 2. The van der Waals surface area contributed by atoms with Crippen LogP contribution in [0.15, 0.2) is 93.8 Å². The van der Waals surface area contributed by atoms with E-state index in [1.165, 1.54) is 0 Å². The minimum atomic E-state index is 0.538. The lowest BCUT2D eigenvalue weighted by molar-refractivity contribution is 0.414. The molecular weight excluding hydrogens is 500 g/mol.